The Morgan fingerprint density at radius 3 is 2.19 bits per heavy atom. The maximum atomic E-state index is 14.4. The summed E-state index contributed by atoms with van der Waals surface area (Å²) in [5.41, 5.74) is 4.91. The minimum Gasteiger partial charge on any atom is -0.473 e. The third kappa shape index (κ3) is 7.79. The number of thioether (sulfide) groups is 1. The van der Waals surface area contributed by atoms with Gasteiger partial charge < -0.3 is 15.1 Å². The molecule has 0 fully saturated rings. The van der Waals surface area contributed by atoms with Crippen molar-refractivity contribution >= 4 is 40.8 Å². The van der Waals surface area contributed by atoms with E-state index in [1.807, 2.05) is 84.4 Å². The van der Waals surface area contributed by atoms with Gasteiger partial charge in [0.05, 0.1) is 6.54 Å². The molecule has 0 aliphatic heterocycles. The second-order valence-electron chi connectivity index (χ2n) is 9.16. The normalized spacial score (nSPS) is 10.5. The zero-order valence-electron chi connectivity index (χ0n) is 22.6. The van der Waals surface area contributed by atoms with Crippen LogP contribution in [-0.4, -0.2) is 54.5 Å². The number of carboxylic acids is 2. The van der Waals surface area contributed by atoms with Crippen molar-refractivity contribution in [2.75, 3.05) is 7.05 Å². The number of carbonyl (C=O) groups is 3. The number of halogens is 1. The first kappa shape index (κ1) is 29.9. The molecule has 214 valence electrons. The van der Waals surface area contributed by atoms with Crippen LogP contribution in [0.1, 0.15) is 27.0 Å². The zero-order chi connectivity index (χ0) is 30.1. The molecule has 3 aromatic carbocycles. The van der Waals surface area contributed by atoms with E-state index in [-0.39, 0.29) is 11.7 Å². The van der Waals surface area contributed by atoms with Crippen LogP contribution in [0, 0.1) is 5.82 Å². The molecule has 0 bridgehead atoms. The van der Waals surface area contributed by atoms with E-state index in [0.717, 1.165) is 27.4 Å². The summed E-state index contributed by atoms with van der Waals surface area (Å²) in [5.74, 6) is -3.25. The molecule has 11 heteroatoms. The van der Waals surface area contributed by atoms with Crippen molar-refractivity contribution < 1.29 is 29.0 Å². The molecule has 9 nitrogen and oxygen atoms in total. The number of rotatable bonds is 8. The SMILES string of the molecule is CN(Cc1ccccc1)C(=O)c1ccc(CSc2nc3cccnc3n2Cc2ccccc2F)cc1.O=C(O)C(=O)O. The topological polar surface area (TPSA) is 126 Å². The number of imidazole rings is 1. The highest BCUT2D eigenvalue weighted by atomic mass is 32.2. The molecule has 42 heavy (non-hydrogen) atoms. The van der Waals surface area contributed by atoms with Crippen LogP contribution in [0.2, 0.25) is 0 Å². The Bertz CT molecular complexity index is 1680. The quantitative estimate of drug-likeness (QED) is 0.184. The van der Waals surface area contributed by atoms with Gasteiger partial charge >= 0.3 is 11.9 Å². The van der Waals surface area contributed by atoms with Crippen LogP contribution in [0.25, 0.3) is 11.2 Å². The van der Waals surface area contributed by atoms with Crippen LogP contribution in [0.3, 0.4) is 0 Å². The molecule has 0 atom stereocenters. The third-order valence-corrected chi connectivity index (χ3v) is 7.16. The van der Waals surface area contributed by atoms with E-state index in [1.165, 1.54) is 6.07 Å². The monoisotopic (exact) mass is 586 g/mol. The summed E-state index contributed by atoms with van der Waals surface area (Å²) in [6.07, 6.45) is 1.72. The number of hydrogen-bond donors (Lipinski definition) is 2. The van der Waals surface area contributed by atoms with Crippen molar-refractivity contribution in [3.05, 3.63) is 125 Å². The van der Waals surface area contributed by atoms with E-state index in [1.54, 1.807) is 35.0 Å². The average Bonchev–Trinajstić information content (AvgIpc) is 3.35. The molecule has 0 saturated carbocycles. The van der Waals surface area contributed by atoms with Gasteiger partial charge in [-0.2, -0.15) is 0 Å². The number of hydrogen-bond acceptors (Lipinski definition) is 6. The van der Waals surface area contributed by atoms with Gasteiger partial charge in [0.15, 0.2) is 10.8 Å². The van der Waals surface area contributed by atoms with Gasteiger partial charge in [-0.25, -0.2) is 23.9 Å². The molecular weight excluding hydrogens is 559 g/mol. The van der Waals surface area contributed by atoms with Crippen molar-refractivity contribution in [2.45, 2.75) is 24.0 Å². The van der Waals surface area contributed by atoms with Crippen LogP contribution < -0.4 is 0 Å². The minimum absolute atomic E-state index is 0.0178. The molecule has 0 radical (unpaired) electrons. The highest BCUT2D eigenvalue weighted by molar-refractivity contribution is 7.98. The smallest absolute Gasteiger partial charge is 0.414 e. The number of aliphatic carboxylic acids is 2. The van der Waals surface area contributed by atoms with Gasteiger partial charge in [0.25, 0.3) is 5.91 Å². The maximum absolute atomic E-state index is 14.4. The molecule has 5 aromatic rings. The molecule has 0 aliphatic carbocycles. The number of benzene rings is 3. The number of fused-ring (bicyclic) bond motifs is 1. The lowest BCUT2D eigenvalue weighted by atomic mass is 10.1. The number of amides is 1. The molecule has 1 amide bonds. The Morgan fingerprint density at radius 1 is 0.857 bits per heavy atom. The van der Waals surface area contributed by atoms with E-state index < -0.39 is 11.9 Å². The van der Waals surface area contributed by atoms with Crippen LogP contribution >= 0.6 is 11.8 Å². The Kier molecular flexibility index (Phi) is 10.0. The predicted octanol–water partition coefficient (Wildman–Crippen LogP) is 5.34. The molecule has 2 aromatic heterocycles. The maximum Gasteiger partial charge on any atom is 0.414 e. The second kappa shape index (κ2) is 14.0. The summed E-state index contributed by atoms with van der Waals surface area (Å²) < 4.78 is 16.3. The summed E-state index contributed by atoms with van der Waals surface area (Å²) in [5, 5.41) is 15.6. The standard InChI is InChI=1S/C29H25FN4OS.C2H2O4/c1-33(18-21-8-3-2-4-9-21)28(35)23-15-13-22(14-16-23)20-36-29-32-26-12-7-17-31-27(26)34(29)19-24-10-5-6-11-25(24)30;3-1(4)2(5)6/h2-17H,18-20H2,1H3;(H,3,4)(H,5,6). The Labute approximate surface area is 245 Å². The van der Waals surface area contributed by atoms with Crippen molar-refractivity contribution in [3.63, 3.8) is 0 Å². The van der Waals surface area contributed by atoms with Crippen LogP contribution in [0.15, 0.2) is 102 Å². The minimum atomic E-state index is -1.82. The largest absolute Gasteiger partial charge is 0.473 e. The summed E-state index contributed by atoms with van der Waals surface area (Å²) in [6, 6.07) is 28.1. The summed E-state index contributed by atoms with van der Waals surface area (Å²) in [4.78, 5) is 42.0. The van der Waals surface area contributed by atoms with Gasteiger partial charge in [0.2, 0.25) is 0 Å². The van der Waals surface area contributed by atoms with Gasteiger partial charge in [-0.1, -0.05) is 72.4 Å². The third-order valence-electron chi connectivity index (χ3n) is 6.12. The molecule has 0 spiro atoms. The molecule has 0 saturated heterocycles. The lowest BCUT2D eigenvalue weighted by molar-refractivity contribution is -0.159. The summed E-state index contributed by atoms with van der Waals surface area (Å²) in [7, 11) is 1.81. The van der Waals surface area contributed by atoms with Crippen LogP contribution in [0.5, 0.6) is 0 Å². The van der Waals surface area contributed by atoms with Gasteiger partial charge in [0, 0.05) is 36.7 Å². The molecule has 2 heterocycles. The molecule has 2 N–H and O–H groups in total. The molecular formula is C31H27FN4O5S. The fourth-order valence-electron chi connectivity index (χ4n) is 4.03. The fourth-order valence-corrected chi connectivity index (χ4v) is 4.99. The lowest BCUT2D eigenvalue weighted by Gasteiger charge is -2.17. The van der Waals surface area contributed by atoms with Gasteiger partial charge in [-0.15, -0.1) is 0 Å². The van der Waals surface area contributed by atoms with Crippen molar-refractivity contribution in [1.29, 1.82) is 0 Å². The first-order valence-electron chi connectivity index (χ1n) is 12.7. The number of carboxylic acid groups (broad SMARTS) is 2. The summed E-state index contributed by atoms with van der Waals surface area (Å²) >= 11 is 1.57. The highest BCUT2D eigenvalue weighted by Gasteiger charge is 2.15. The van der Waals surface area contributed by atoms with Gasteiger partial charge in [-0.05, 0) is 41.5 Å². The first-order chi connectivity index (χ1) is 20.2. The van der Waals surface area contributed by atoms with Crippen molar-refractivity contribution in [1.82, 2.24) is 19.4 Å². The average molecular weight is 587 g/mol. The molecule has 0 unspecified atom stereocenters. The lowest BCUT2D eigenvalue weighted by Crippen LogP contribution is -2.26. The van der Waals surface area contributed by atoms with Crippen molar-refractivity contribution in [2.24, 2.45) is 0 Å². The Hall–Kier alpha value is -5.03. The number of carbonyl (C=O) groups excluding carboxylic acids is 1. The molecule has 0 aliphatic rings. The number of pyridine rings is 1. The zero-order valence-corrected chi connectivity index (χ0v) is 23.4. The number of aromatic nitrogens is 3. The predicted molar refractivity (Wildman–Crippen MR) is 157 cm³/mol. The van der Waals surface area contributed by atoms with Gasteiger partial charge in [0.1, 0.15) is 11.3 Å². The van der Waals surface area contributed by atoms with Crippen LogP contribution in [-0.2, 0) is 28.4 Å². The summed E-state index contributed by atoms with van der Waals surface area (Å²) in [6.45, 7) is 0.910. The first-order valence-corrected chi connectivity index (χ1v) is 13.7. The number of nitrogens with zero attached hydrogens (tertiary/aromatic N) is 4. The van der Waals surface area contributed by atoms with Gasteiger partial charge in [-0.3, -0.25) is 9.36 Å². The fraction of sp³-hybridized carbons (Fsp3) is 0.129. The van der Waals surface area contributed by atoms with E-state index in [9.17, 15) is 9.18 Å². The highest BCUT2D eigenvalue weighted by Crippen LogP contribution is 2.27. The van der Waals surface area contributed by atoms with E-state index in [0.29, 0.717) is 30.0 Å². The van der Waals surface area contributed by atoms with E-state index in [2.05, 4.69) is 4.98 Å². The van der Waals surface area contributed by atoms with E-state index in [4.69, 9.17) is 24.8 Å². The Balaban J connectivity index is 0.000000612. The van der Waals surface area contributed by atoms with E-state index >= 15 is 0 Å². The Morgan fingerprint density at radius 2 is 1.52 bits per heavy atom. The van der Waals surface area contributed by atoms with Crippen molar-refractivity contribution in [3.8, 4) is 0 Å². The molecule has 5 rings (SSSR count). The second-order valence-corrected chi connectivity index (χ2v) is 10.1. The van der Waals surface area contributed by atoms with Crippen LogP contribution in [0.4, 0.5) is 4.39 Å².